The molecule has 2 aliphatic rings. The van der Waals surface area contributed by atoms with Crippen LogP contribution in [0.1, 0.15) is 32.0 Å². The number of nitrogens with one attached hydrogen (secondary N) is 1. The third kappa shape index (κ3) is 3.46. The number of nitro groups is 1. The number of nitro benzene ring substituents is 1. The first-order valence-corrected chi connectivity index (χ1v) is 11.5. The molecular formula is C22H20N5O6S+. The van der Waals surface area contributed by atoms with Crippen molar-refractivity contribution in [2.24, 2.45) is 0 Å². The van der Waals surface area contributed by atoms with Gasteiger partial charge in [0.05, 0.1) is 22.2 Å². The zero-order chi connectivity index (χ0) is 24.0. The summed E-state index contributed by atoms with van der Waals surface area (Å²) >= 11 is 1.36. The number of carbonyl (C=O) groups excluding carboxylic acids is 1. The van der Waals surface area contributed by atoms with E-state index in [1.54, 1.807) is 24.3 Å². The van der Waals surface area contributed by atoms with Gasteiger partial charge in [0.1, 0.15) is 5.56 Å². The maximum absolute atomic E-state index is 13.3. The fourth-order valence-electron chi connectivity index (χ4n) is 4.17. The Morgan fingerprint density at radius 1 is 1.32 bits per heavy atom. The van der Waals surface area contributed by atoms with Crippen LogP contribution in [0.4, 0.5) is 11.4 Å². The first kappa shape index (κ1) is 21.9. The lowest BCUT2D eigenvalue weighted by Crippen LogP contribution is -2.60. The molecule has 174 valence electrons. The highest BCUT2D eigenvalue weighted by Gasteiger charge is 2.48. The Morgan fingerprint density at radius 2 is 2.06 bits per heavy atom. The Balaban J connectivity index is 1.84. The molecule has 5 rings (SSSR count). The molecule has 3 aromatic rings. The van der Waals surface area contributed by atoms with Crippen molar-refractivity contribution in [2.45, 2.75) is 31.6 Å². The lowest BCUT2D eigenvalue weighted by Gasteiger charge is -2.31. The van der Waals surface area contributed by atoms with E-state index in [0.29, 0.717) is 27.9 Å². The van der Waals surface area contributed by atoms with Gasteiger partial charge >= 0.3 is 11.3 Å². The Labute approximate surface area is 197 Å². The molecule has 0 unspecified atom stereocenters. The monoisotopic (exact) mass is 482 g/mol. The second-order valence-corrected chi connectivity index (χ2v) is 8.79. The van der Waals surface area contributed by atoms with Gasteiger partial charge in [-0.2, -0.15) is 0 Å². The summed E-state index contributed by atoms with van der Waals surface area (Å²) in [6.45, 7) is 3.30. The lowest BCUT2D eigenvalue weighted by molar-refractivity contribution is -0.763. The Hall–Kier alpha value is -3.93. The van der Waals surface area contributed by atoms with E-state index < -0.39 is 16.6 Å². The Morgan fingerprint density at radius 3 is 2.76 bits per heavy atom. The molecule has 3 heterocycles. The van der Waals surface area contributed by atoms with Crippen LogP contribution in [-0.4, -0.2) is 33.5 Å². The number of hydrogen-bond donors (Lipinski definition) is 1. The number of thioether (sulfide) groups is 1. The second kappa shape index (κ2) is 8.45. The van der Waals surface area contributed by atoms with Crippen LogP contribution in [0.3, 0.4) is 0 Å². The van der Waals surface area contributed by atoms with E-state index in [-0.39, 0.29) is 35.4 Å². The summed E-state index contributed by atoms with van der Waals surface area (Å²) in [5, 5.41) is 17.1. The van der Waals surface area contributed by atoms with Crippen molar-refractivity contribution in [3.8, 4) is 22.8 Å². The number of nitrogens with zero attached hydrogens (tertiary/aromatic N) is 4. The normalized spacial score (nSPS) is 15.6. The molecule has 1 aromatic heterocycles. The molecule has 0 spiro atoms. The molecule has 1 N–H and O–H groups in total. The highest BCUT2D eigenvalue weighted by atomic mass is 32.2. The fraction of sp³-hybridized carbons (Fsp3) is 0.273. The summed E-state index contributed by atoms with van der Waals surface area (Å²) in [5.41, 5.74) is 0.618. The predicted molar refractivity (Wildman–Crippen MR) is 122 cm³/mol. The molecule has 0 fully saturated rings. The number of ether oxygens (including phenoxy) is 2. The number of amides is 1. The molecule has 34 heavy (non-hydrogen) atoms. The van der Waals surface area contributed by atoms with Crippen LogP contribution in [0.5, 0.6) is 11.5 Å². The lowest BCUT2D eigenvalue weighted by atomic mass is 10.00. The van der Waals surface area contributed by atoms with Gasteiger partial charge in [0.25, 0.3) is 11.9 Å². The summed E-state index contributed by atoms with van der Waals surface area (Å²) in [6.07, 6.45) is -0.240. The van der Waals surface area contributed by atoms with Gasteiger partial charge in [-0.3, -0.25) is 24.7 Å². The third-order valence-corrected chi connectivity index (χ3v) is 6.61. The number of aromatic amines is 1. The molecule has 1 amide bonds. The molecule has 0 saturated heterocycles. The van der Waals surface area contributed by atoms with Gasteiger partial charge in [-0.1, -0.05) is 30.8 Å². The first-order chi connectivity index (χ1) is 16.4. The molecule has 2 aromatic carbocycles. The van der Waals surface area contributed by atoms with Crippen LogP contribution in [0.2, 0.25) is 0 Å². The first-order valence-electron chi connectivity index (χ1n) is 10.6. The Bertz CT molecular complexity index is 1390. The van der Waals surface area contributed by atoms with Gasteiger partial charge in [-0.25, -0.2) is 4.90 Å². The largest absolute Gasteiger partial charge is 0.454 e. The van der Waals surface area contributed by atoms with Gasteiger partial charge in [-0.15, -0.1) is 0 Å². The number of aromatic nitrogens is 3. The second-order valence-electron chi connectivity index (χ2n) is 7.70. The van der Waals surface area contributed by atoms with E-state index in [9.17, 15) is 19.7 Å². The molecule has 0 aliphatic carbocycles. The number of carbonyl (C=O) groups is 1. The average molecular weight is 482 g/mol. The van der Waals surface area contributed by atoms with Crippen LogP contribution in [0, 0.1) is 10.1 Å². The Kier molecular flexibility index (Phi) is 5.44. The standard InChI is InChI=1S/C22H19N5O6S/c1-3-8-34-22-23-20(29)19-13-6-4-5-7-15(13)25(12(2)28)21(26(19)24-22)14-9-17-18(33-11-32-17)10-16(14)27(30)31/h4-7,9-10,21H,3,8,11H2,1-2H3/p+1/t21-/m1/s1. The molecule has 0 saturated carbocycles. The molecular weight excluding hydrogens is 462 g/mol. The van der Waals surface area contributed by atoms with Crippen molar-refractivity contribution in [2.75, 3.05) is 17.4 Å². The summed E-state index contributed by atoms with van der Waals surface area (Å²) in [5.74, 6) is 0.900. The third-order valence-electron chi connectivity index (χ3n) is 5.54. The van der Waals surface area contributed by atoms with E-state index in [0.717, 1.165) is 6.42 Å². The van der Waals surface area contributed by atoms with Crippen molar-refractivity contribution in [1.82, 2.24) is 10.1 Å². The number of benzene rings is 2. The van der Waals surface area contributed by atoms with Crippen molar-refractivity contribution in [3.63, 3.8) is 0 Å². The van der Waals surface area contributed by atoms with Gasteiger partial charge in [0.15, 0.2) is 11.5 Å². The summed E-state index contributed by atoms with van der Waals surface area (Å²) in [4.78, 5) is 42.0. The van der Waals surface area contributed by atoms with E-state index in [2.05, 4.69) is 10.1 Å². The van der Waals surface area contributed by atoms with Gasteiger partial charge < -0.3 is 9.47 Å². The molecule has 11 nitrogen and oxygen atoms in total. The van der Waals surface area contributed by atoms with E-state index >= 15 is 0 Å². The fourth-order valence-corrected chi connectivity index (χ4v) is 4.88. The van der Waals surface area contributed by atoms with Gasteiger partial charge in [0, 0.05) is 23.8 Å². The summed E-state index contributed by atoms with van der Waals surface area (Å²) < 4.78 is 12.2. The number of H-pyrrole nitrogens is 1. The smallest absolute Gasteiger partial charge is 0.325 e. The van der Waals surface area contributed by atoms with Crippen molar-refractivity contribution in [3.05, 3.63) is 62.4 Å². The minimum Gasteiger partial charge on any atom is -0.454 e. The van der Waals surface area contributed by atoms with E-state index in [1.165, 1.54) is 40.4 Å². The molecule has 2 aliphatic heterocycles. The van der Waals surface area contributed by atoms with Crippen molar-refractivity contribution < 1.29 is 23.9 Å². The maximum Gasteiger partial charge on any atom is 0.325 e. The van der Waals surface area contributed by atoms with E-state index in [1.807, 2.05) is 6.92 Å². The van der Waals surface area contributed by atoms with Gasteiger partial charge in [0.2, 0.25) is 17.9 Å². The SMILES string of the molecule is CCCSc1n[n+]2c(c(=O)[nH]1)-c1ccccc1N(C(C)=O)[C@H]2c1cc2c(cc1[N+](=O)[O-])OCO2. The van der Waals surface area contributed by atoms with Gasteiger partial charge in [-0.05, 0) is 23.2 Å². The van der Waals surface area contributed by atoms with Crippen LogP contribution >= 0.6 is 11.8 Å². The number of rotatable bonds is 5. The quantitative estimate of drug-likeness (QED) is 0.254. The minimum absolute atomic E-state index is 0.0701. The predicted octanol–water partition coefficient (Wildman–Crippen LogP) is 2.78. The van der Waals surface area contributed by atoms with Crippen LogP contribution < -0.4 is 24.6 Å². The van der Waals surface area contributed by atoms with Crippen LogP contribution in [0.15, 0.2) is 46.3 Å². The van der Waals surface area contributed by atoms with Crippen LogP contribution in [0.25, 0.3) is 11.3 Å². The maximum atomic E-state index is 13.3. The topological polar surface area (TPSA) is 132 Å². The number of anilines is 1. The molecule has 12 heteroatoms. The number of para-hydroxylation sites is 1. The molecule has 0 radical (unpaired) electrons. The molecule has 1 atom stereocenters. The summed E-state index contributed by atoms with van der Waals surface area (Å²) in [7, 11) is 0. The zero-order valence-corrected chi connectivity index (χ0v) is 19.1. The van der Waals surface area contributed by atoms with Crippen LogP contribution in [-0.2, 0) is 4.79 Å². The molecule has 0 bridgehead atoms. The minimum atomic E-state index is -1.10. The van der Waals surface area contributed by atoms with Crippen molar-refractivity contribution >= 4 is 29.0 Å². The van der Waals surface area contributed by atoms with Crippen molar-refractivity contribution in [1.29, 1.82) is 0 Å². The number of hydrogen-bond acceptors (Lipinski definition) is 8. The number of fused-ring (bicyclic) bond motifs is 4. The highest BCUT2D eigenvalue weighted by molar-refractivity contribution is 7.99. The zero-order valence-electron chi connectivity index (χ0n) is 18.3. The van der Waals surface area contributed by atoms with E-state index in [4.69, 9.17) is 9.47 Å². The summed E-state index contributed by atoms with van der Waals surface area (Å²) in [6, 6.07) is 9.67. The average Bonchev–Trinajstić information content (AvgIpc) is 3.28. The highest BCUT2D eigenvalue weighted by Crippen LogP contribution is 2.44.